The van der Waals surface area contributed by atoms with Crippen LogP contribution in [0, 0.1) is 5.92 Å². The maximum absolute atomic E-state index is 5.88. The van der Waals surface area contributed by atoms with Gasteiger partial charge in [0.1, 0.15) is 0 Å². The maximum atomic E-state index is 5.88. The summed E-state index contributed by atoms with van der Waals surface area (Å²) in [5, 5.41) is 2.08. The summed E-state index contributed by atoms with van der Waals surface area (Å²) >= 11 is 0. The van der Waals surface area contributed by atoms with Gasteiger partial charge in [0.05, 0.1) is 5.60 Å². The summed E-state index contributed by atoms with van der Waals surface area (Å²) in [5.74, 6) is 0.676. The van der Waals surface area contributed by atoms with Gasteiger partial charge in [0, 0.05) is 19.1 Å². The number of rotatable bonds is 2. The fraction of sp³-hybridized carbons (Fsp3) is 1.00. The summed E-state index contributed by atoms with van der Waals surface area (Å²) < 4.78 is 0. The fourth-order valence-electron chi connectivity index (χ4n) is 1.88. The zero-order chi connectivity index (χ0) is 10.8. The molecule has 0 aromatic carbocycles. The van der Waals surface area contributed by atoms with Crippen LogP contribution in [-0.2, 0) is 4.84 Å². The highest BCUT2D eigenvalue weighted by Gasteiger charge is 2.25. The topological polar surface area (TPSA) is 38.5 Å². The quantitative estimate of drug-likeness (QED) is 0.738. The molecule has 1 aliphatic heterocycles. The van der Waals surface area contributed by atoms with Gasteiger partial charge >= 0.3 is 0 Å². The second-order valence-corrected chi connectivity index (χ2v) is 5.33. The van der Waals surface area contributed by atoms with Crippen molar-refractivity contribution >= 4 is 0 Å². The molecule has 0 bridgehead atoms. The molecule has 1 atom stereocenters. The number of nitrogens with two attached hydrogens (primary N) is 1. The molecule has 0 saturated carbocycles. The third-order valence-electron chi connectivity index (χ3n) is 2.65. The van der Waals surface area contributed by atoms with Crippen LogP contribution in [0.2, 0.25) is 0 Å². The van der Waals surface area contributed by atoms with Crippen molar-refractivity contribution in [3.63, 3.8) is 0 Å². The van der Waals surface area contributed by atoms with Crippen molar-refractivity contribution in [3.8, 4) is 0 Å². The lowest BCUT2D eigenvalue weighted by Gasteiger charge is -2.36. The molecule has 0 amide bonds. The van der Waals surface area contributed by atoms with Crippen molar-refractivity contribution in [3.05, 3.63) is 0 Å². The lowest BCUT2D eigenvalue weighted by Crippen LogP contribution is -2.42. The summed E-state index contributed by atoms with van der Waals surface area (Å²) in [6.45, 7) is 10.4. The molecule has 1 aliphatic rings. The summed E-state index contributed by atoms with van der Waals surface area (Å²) in [5.41, 5.74) is 5.81. The third kappa shape index (κ3) is 3.95. The zero-order valence-electron chi connectivity index (χ0n) is 9.92. The van der Waals surface area contributed by atoms with E-state index in [0.717, 1.165) is 25.9 Å². The van der Waals surface area contributed by atoms with Crippen molar-refractivity contribution in [1.29, 1.82) is 0 Å². The van der Waals surface area contributed by atoms with Gasteiger partial charge in [0.15, 0.2) is 0 Å². The molecular weight excluding hydrogens is 176 g/mol. The summed E-state index contributed by atoms with van der Waals surface area (Å²) in [6, 6.07) is 0.326. The molecule has 84 valence electrons. The molecule has 0 aliphatic carbocycles. The molecule has 1 fully saturated rings. The van der Waals surface area contributed by atoms with Gasteiger partial charge < -0.3 is 5.73 Å². The SMILES string of the molecule is CC(N)C1CCN(OC(C)(C)C)CC1. The van der Waals surface area contributed by atoms with Gasteiger partial charge in [0.25, 0.3) is 0 Å². The number of piperidine rings is 1. The van der Waals surface area contributed by atoms with Crippen LogP contribution < -0.4 is 5.73 Å². The first-order chi connectivity index (χ1) is 6.38. The minimum absolute atomic E-state index is 0.0683. The van der Waals surface area contributed by atoms with Crippen molar-refractivity contribution in [1.82, 2.24) is 5.06 Å². The van der Waals surface area contributed by atoms with Crippen molar-refractivity contribution < 1.29 is 4.84 Å². The lowest BCUT2D eigenvalue weighted by atomic mass is 9.92. The van der Waals surface area contributed by atoms with Gasteiger partial charge in [-0.25, -0.2) is 0 Å². The van der Waals surface area contributed by atoms with Crippen molar-refractivity contribution in [2.45, 2.75) is 52.2 Å². The Balaban J connectivity index is 2.29. The summed E-state index contributed by atoms with van der Waals surface area (Å²) in [4.78, 5) is 5.80. The van der Waals surface area contributed by atoms with Gasteiger partial charge in [-0.3, -0.25) is 4.84 Å². The van der Waals surface area contributed by atoms with Crippen LogP contribution in [-0.4, -0.2) is 29.8 Å². The first-order valence-corrected chi connectivity index (χ1v) is 5.58. The maximum Gasteiger partial charge on any atom is 0.0815 e. The molecule has 1 heterocycles. The zero-order valence-corrected chi connectivity index (χ0v) is 9.92. The molecule has 3 heteroatoms. The number of nitrogens with zero attached hydrogens (tertiary/aromatic N) is 1. The molecule has 2 N–H and O–H groups in total. The standard InChI is InChI=1S/C11H24N2O/c1-9(12)10-5-7-13(8-6-10)14-11(2,3)4/h9-10H,5-8,12H2,1-4H3. The molecule has 1 rings (SSSR count). The molecule has 14 heavy (non-hydrogen) atoms. The first kappa shape index (κ1) is 12.0. The molecule has 1 saturated heterocycles. The van der Waals surface area contributed by atoms with E-state index in [9.17, 15) is 0 Å². The Morgan fingerprint density at radius 3 is 2.14 bits per heavy atom. The van der Waals surface area contributed by atoms with E-state index in [1.165, 1.54) is 0 Å². The molecule has 1 unspecified atom stereocenters. The number of hydrogen-bond acceptors (Lipinski definition) is 3. The van der Waals surface area contributed by atoms with Crippen LogP contribution in [0.1, 0.15) is 40.5 Å². The highest BCUT2D eigenvalue weighted by Crippen LogP contribution is 2.22. The van der Waals surface area contributed by atoms with E-state index in [-0.39, 0.29) is 5.60 Å². The average Bonchev–Trinajstić information content (AvgIpc) is 2.02. The van der Waals surface area contributed by atoms with Crippen LogP contribution in [0.25, 0.3) is 0 Å². The lowest BCUT2D eigenvalue weighted by molar-refractivity contribution is -0.239. The van der Waals surface area contributed by atoms with Gasteiger partial charge in [-0.05, 0) is 46.5 Å². The second kappa shape index (κ2) is 4.60. The average molecular weight is 200 g/mol. The Bertz CT molecular complexity index is 167. The van der Waals surface area contributed by atoms with E-state index in [2.05, 4.69) is 32.8 Å². The van der Waals surface area contributed by atoms with Gasteiger partial charge in [-0.2, -0.15) is 5.06 Å². The molecular formula is C11H24N2O. The Morgan fingerprint density at radius 2 is 1.79 bits per heavy atom. The monoisotopic (exact) mass is 200 g/mol. The van der Waals surface area contributed by atoms with Gasteiger partial charge in [-0.1, -0.05) is 0 Å². The van der Waals surface area contributed by atoms with Crippen molar-refractivity contribution in [2.24, 2.45) is 11.7 Å². The van der Waals surface area contributed by atoms with E-state index in [1.54, 1.807) is 0 Å². The third-order valence-corrected chi connectivity index (χ3v) is 2.65. The minimum atomic E-state index is -0.0683. The Kier molecular flexibility index (Phi) is 3.93. The smallest absolute Gasteiger partial charge is 0.0815 e. The van der Waals surface area contributed by atoms with Crippen LogP contribution in [0.4, 0.5) is 0 Å². The van der Waals surface area contributed by atoms with Crippen LogP contribution in [0.5, 0.6) is 0 Å². The Hall–Kier alpha value is -0.120. The fourth-order valence-corrected chi connectivity index (χ4v) is 1.88. The predicted molar refractivity (Wildman–Crippen MR) is 58.8 cm³/mol. The van der Waals surface area contributed by atoms with E-state index in [0.29, 0.717) is 12.0 Å². The summed E-state index contributed by atoms with van der Waals surface area (Å²) in [7, 11) is 0. The van der Waals surface area contributed by atoms with Crippen LogP contribution in [0.3, 0.4) is 0 Å². The van der Waals surface area contributed by atoms with E-state index < -0.39 is 0 Å². The van der Waals surface area contributed by atoms with Gasteiger partial charge in [-0.15, -0.1) is 0 Å². The van der Waals surface area contributed by atoms with Gasteiger partial charge in [0.2, 0.25) is 0 Å². The van der Waals surface area contributed by atoms with E-state index in [1.807, 2.05) is 0 Å². The Labute approximate surface area is 87.6 Å². The minimum Gasteiger partial charge on any atom is -0.328 e. The molecule has 0 spiro atoms. The molecule has 0 aromatic rings. The number of hydroxylamine groups is 2. The Morgan fingerprint density at radius 1 is 1.29 bits per heavy atom. The molecule has 3 nitrogen and oxygen atoms in total. The highest BCUT2D eigenvalue weighted by molar-refractivity contribution is 4.75. The number of hydrogen-bond donors (Lipinski definition) is 1. The van der Waals surface area contributed by atoms with E-state index in [4.69, 9.17) is 10.6 Å². The molecule has 0 aromatic heterocycles. The highest BCUT2D eigenvalue weighted by atomic mass is 16.7. The second-order valence-electron chi connectivity index (χ2n) is 5.33. The van der Waals surface area contributed by atoms with Crippen molar-refractivity contribution in [2.75, 3.05) is 13.1 Å². The first-order valence-electron chi connectivity index (χ1n) is 5.58. The normalized spacial score (nSPS) is 23.8. The predicted octanol–water partition coefficient (Wildman–Crippen LogP) is 1.78. The van der Waals surface area contributed by atoms with Crippen LogP contribution in [0.15, 0.2) is 0 Å². The largest absolute Gasteiger partial charge is 0.328 e. The van der Waals surface area contributed by atoms with E-state index >= 15 is 0 Å². The summed E-state index contributed by atoms with van der Waals surface area (Å²) in [6.07, 6.45) is 2.32. The molecule has 0 radical (unpaired) electrons. The van der Waals surface area contributed by atoms with Crippen LogP contribution >= 0.6 is 0 Å².